The number of halogens is 3. The number of nitrogens with zero attached hydrogens (tertiary/aromatic N) is 1. The van der Waals surface area contributed by atoms with E-state index in [0.717, 1.165) is 21.2 Å². The maximum absolute atomic E-state index is 12.4. The Hall–Kier alpha value is -2.15. The Kier molecular flexibility index (Phi) is 4.45. The molecule has 0 unspecified atom stereocenters. The molecular weight excluding hydrogens is 382 g/mol. The van der Waals surface area contributed by atoms with E-state index in [1.54, 1.807) is 12.1 Å². The fourth-order valence-corrected chi connectivity index (χ4v) is 3.29. The minimum absolute atomic E-state index is 0.0993. The van der Waals surface area contributed by atoms with Crippen molar-refractivity contribution in [2.24, 2.45) is 10.7 Å². The number of benzene rings is 2. The highest BCUT2D eigenvalue weighted by molar-refractivity contribution is 9.10. The molecule has 7 heteroatoms. The lowest BCUT2D eigenvalue weighted by atomic mass is 9.82. The van der Waals surface area contributed by atoms with Gasteiger partial charge in [-0.25, -0.2) is 4.99 Å². The number of hydrogen-bond donors (Lipinski definition) is 1. The van der Waals surface area contributed by atoms with Gasteiger partial charge in [-0.1, -0.05) is 34.1 Å². The van der Waals surface area contributed by atoms with Crippen LogP contribution in [-0.4, -0.2) is 19.2 Å². The number of nitrogens with two attached hydrogens (primary N) is 1. The van der Waals surface area contributed by atoms with Crippen molar-refractivity contribution in [1.29, 1.82) is 0 Å². The zero-order valence-corrected chi connectivity index (χ0v) is 14.4. The van der Waals surface area contributed by atoms with Crippen LogP contribution in [0.25, 0.3) is 0 Å². The molecule has 0 saturated heterocycles. The summed E-state index contributed by atoms with van der Waals surface area (Å²) in [5.74, 6) is 0.103. The van der Waals surface area contributed by atoms with Crippen LogP contribution < -0.4 is 10.5 Å². The van der Waals surface area contributed by atoms with Crippen LogP contribution in [0.4, 0.5) is 8.78 Å². The molecule has 0 bridgehead atoms. The second kappa shape index (κ2) is 6.39. The summed E-state index contributed by atoms with van der Waals surface area (Å²) in [6, 6.07) is 12.6. The summed E-state index contributed by atoms with van der Waals surface area (Å²) >= 11 is 3.45. The van der Waals surface area contributed by atoms with E-state index in [0.29, 0.717) is 0 Å². The smallest absolute Gasteiger partial charge is 0.387 e. The largest absolute Gasteiger partial charge is 0.462 e. The lowest BCUT2D eigenvalue weighted by molar-refractivity contribution is -0.0498. The number of hydrogen-bond acceptors (Lipinski definition) is 4. The SMILES string of the molecule is Cc1cc(OC(F)F)ccc1[C@@]1(c2cccc(Br)c2)COC(N)=N1. The zero-order valence-electron chi connectivity index (χ0n) is 12.8. The molecule has 2 aromatic rings. The first-order valence-electron chi connectivity index (χ1n) is 7.21. The molecule has 0 spiro atoms. The number of amidine groups is 1. The van der Waals surface area contributed by atoms with Crippen LogP contribution in [0, 0.1) is 6.92 Å². The third-order valence-electron chi connectivity index (χ3n) is 3.90. The standard InChI is InChI=1S/C17H15BrF2N2O2/c1-10-7-13(24-15(19)20)5-6-14(10)17(9-23-16(21)22-17)11-3-2-4-12(18)8-11/h2-8,15H,9H2,1H3,(H2,21,22)/t17-/m0/s1. The lowest BCUT2D eigenvalue weighted by Gasteiger charge is -2.27. The summed E-state index contributed by atoms with van der Waals surface area (Å²) < 4.78 is 35.6. The second-order valence-electron chi connectivity index (χ2n) is 5.46. The van der Waals surface area contributed by atoms with Crippen molar-refractivity contribution in [3.63, 3.8) is 0 Å². The summed E-state index contributed by atoms with van der Waals surface area (Å²) in [7, 11) is 0. The Balaban J connectivity index is 2.11. The maximum atomic E-state index is 12.4. The van der Waals surface area contributed by atoms with Crippen LogP contribution in [0.3, 0.4) is 0 Å². The molecular formula is C17H15BrF2N2O2. The predicted molar refractivity (Wildman–Crippen MR) is 90.3 cm³/mol. The van der Waals surface area contributed by atoms with E-state index in [2.05, 4.69) is 25.7 Å². The molecule has 0 amide bonds. The van der Waals surface area contributed by atoms with Crippen molar-refractivity contribution in [2.45, 2.75) is 19.1 Å². The Morgan fingerprint density at radius 1 is 1.29 bits per heavy atom. The van der Waals surface area contributed by atoms with E-state index < -0.39 is 12.2 Å². The van der Waals surface area contributed by atoms with Crippen LogP contribution in [-0.2, 0) is 10.3 Å². The van der Waals surface area contributed by atoms with Crippen molar-refractivity contribution >= 4 is 22.0 Å². The molecule has 0 radical (unpaired) electrons. The molecule has 4 nitrogen and oxygen atoms in total. The van der Waals surface area contributed by atoms with Gasteiger partial charge < -0.3 is 15.2 Å². The molecule has 1 atom stereocenters. The molecule has 0 saturated carbocycles. The third-order valence-corrected chi connectivity index (χ3v) is 4.39. The van der Waals surface area contributed by atoms with Gasteiger partial charge in [-0.2, -0.15) is 8.78 Å². The topological polar surface area (TPSA) is 56.8 Å². The summed E-state index contributed by atoms with van der Waals surface area (Å²) in [4.78, 5) is 4.52. The summed E-state index contributed by atoms with van der Waals surface area (Å²) in [5.41, 5.74) is 7.42. The number of alkyl halides is 2. The highest BCUT2D eigenvalue weighted by Crippen LogP contribution is 2.40. The van der Waals surface area contributed by atoms with Crippen LogP contribution in [0.1, 0.15) is 16.7 Å². The molecule has 0 fully saturated rings. The van der Waals surface area contributed by atoms with E-state index in [1.807, 2.05) is 31.2 Å². The molecule has 24 heavy (non-hydrogen) atoms. The first kappa shape index (κ1) is 16.7. The molecule has 0 aromatic heterocycles. The minimum atomic E-state index is -2.86. The minimum Gasteiger partial charge on any atom is -0.462 e. The van der Waals surface area contributed by atoms with Crippen LogP contribution in [0.2, 0.25) is 0 Å². The van der Waals surface area contributed by atoms with E-state index in [-0.39, 0.29) is 18.4 Å². The molecule has 1 heterocycles. The molecule has 126 valence electrons. The van der Waals surface area contributed by atoms with Crippen LogP contribution in [0.15, 0.2) is 51.9 Å². The molecule has 2 N–H and O–H groups in total. The van der Waals surface area contributed by atoms with Crippen molar-refractivity contribution in [3.8, 4) is 5.75 Å². The van der Waals surface area contributed by atoms with Gasteiger partial charge in [-0.15, -0.1) is 0 Å². The number of rotatable bonds is 4. The van der Waals surface area contributed by atoms with Gasteiger partial charge in [-0.3, -0.25) is 0 Å². The van der Waals surface area contributed by atoms with E-state index in [9.17, 15) is 8.78 Å². The number of ether oxygens (including phenoxy) is 2. The van der Waals surface area contributed by atoms with Gasteiger partial charge in [0.15, 0.2) is 5.54 Å². The summed E-state index contributed by atoms with van der Waals surface area (Å²) in [6.45, 7) is -0.805. The first-order chi connectivity index (χ1) is 11.4. The Bertz CT molecular complexity index is 798. The van der Waals surface area contributed by atoms with Crippen molar-refractivity contribution in [2.75, 3.05) is 6.61 Å². The average Bonchev–Trinajstić information content (AvgIpc) is 2.90. The summed E-state index contributed by atoms with van der Waals surface area (Å²) in [6.07, 6.45) is 0. The predicted octanol–water partition coefficient (Wildman–Crippen LogP) is 3.95. The van der Waals surface area contributed by atoms with E-state index in [1.165, 1.54) is 6.07 Å². The Morgan fingerprint density at radius 2 is 2.08 bits per heavy atom. The normalized spacial score (nSPS) is 20.0. The third kappa shape index (κ3) is 3.08. The molecule has 1 aliphatic heterocycles. The van der Waals surface area contributed by atoms with Gasteiger partial charge in [0.05, 0.1) is 0 Å². The molecule has 0 aliphatic carbocycles. The van der Waals surface area contributed by atoms with E-state index in [4.69, 9.17) is 10.5 Å². The lowest BCUT2D eigenvalue weighted by Crippen LogP contribution is -2.28. The Morgan fingerprint density at radius 3 is 2.67 bits per heavy atom. The molecule has 1 aliphatic rings. The molecule has 3 rings (SSSR count). The second-order valence-corrected chi connectivity index (χ2v) is 6.38. The highest BCUT2D eigenvalue weighted by atomic mass is 79.9. The zero-order chi connectivity index (χ0) is 17.3. The van der Waals surface area contributed by atoms with Gasteiger partial charge >= 0.3 is 6.61 Å². The number of aryl methyl sites for hydroxylation is 1. The van der Waals surface area contributed by atoms with Gasteiger partial charge in [0, 0.05) is 4.47 Å². The van der Waals surface area contributed by atoms with Crippen molar-refractivity contribution in [3.05, 3.63) is 63.6 Å². The average molecular weight is 397 g/mol. The number of aliphatic imine (C=N–C) groups is 1. The first-order valence-corrected chi connectivity index (χ1v) is 8.00. The highest BCUT2D eigenvalue weighted by Gasteiger charge is 2.41. The summed E-state index contributed by atoms with van der Waals surface area (Å²) in [5, 5.41) is 0. The van der Waals surface area contributed by atoms with Gasteiger partial charge in [0.25, 0.3) is 6.02 Å². The van der Waals surface area contributed by atoms with E-state index >= 15 is 0 Å². The van der Waals surface area contributed by atoms with Gasteiger partial charge in [-0.05, 0) is 47.9 Å². The molecule has 2 aromatic carbocycles. The van der Waals surface area contributed by atoms with Gasteiger partial charge in [0.1, 0.15) is 12.4 Å². The fraction of sp³-hybridized carbons (Fsp3) is 0.235. The fourth-order valence-electron chi connectivity index (χ4n) is 2.89. The van der Waals surface area contributed by atoms with Gasteiger partial charge in [0.2, 0.25) is 0 Å². The maximum Gasteiger partial charge on any atom is 0.387 e. The van der Waals surface area contributed by atoms with Crippen molar-refractivity contribution in [1.82, 2.24) is 0 Å². The quantitative estimate of drug-likeness (QED) is 0.850. The van der Waals surface area contributed by atoms with Crippen LogP contribution >= 0.6 is 15.9 Å². The monoisotopic (exact) mass is 396 g/mol. The van der Waals surface area contributed by atoms with Crippen LogP contribution in [0.5, 0.6) is 5.75 Å². The Labute approximate surface area is 146 Å². The van der Waals surface area contributed by atoms with Crippen molar-refractivity contribution < 1.29 is 18.3 Å².